The molecule has 0 amide bonds. The summed E-state index contributed by atoms with van der Waals surface area (Å²) in [6.45, 7) is 11.6. The molecule has 0 aromatic carbocycles. The molecule has 0 heterocycles. The minimum atomic E-state index is 0.227. The van der Waals surface area contributed by atoms with Crippen molar-refractivity contribution in [1.82, 2.24) is 0 Å². The van der Waals surface area contributed by atoms with Crippen LogP contribution in [0.15, 0.2) is 0 Å². The molecule has 1 fully saturated rings. The standard InChI is InChI=1S/C11H22O/c1-9(2,3)6-11(8-12)7-10(11,4)5/h12H,6-8H2,1-5H3. The van der Waals surface area contributed by atoms with Gasteiger partial charge >= 0.3 is 0 Å². The quantitative estimate of drug-likeness (QED) is 0.675. The minimum Gasteiger partial charge on any atom is -0.396 e. The van der Waals surface area contributed by atoms with Gasteiger partial charge in [-0.05, 0) is 29.1 Å². The first-order valence-electron chi connectivity index (χ1n) is 4.83. The lowest BCUT2D eigenvalue weighted by molar-refractivity contribution is 0.132. The summed E-state index contributed by atoms with van der Waals surface area (Å²) in [5, 5.41) is 9.36. The van der Waals surface area contributed by atoms with Gasteiger partial charge in [0.1, 0.15) is 0 Å². The molecule has 0 spiro atoms. The fraction of sp³-hybridized carbons (Fsp3) is 1.00. The Bertz CT molecular complexity index is 176. The van der Waals surface area contributed by atoms with Crippen LogP contribution >= 0.6 is 0 Å². The lowest BCUT2D eigenvalue weighted by Gasteiger charge is -2.27. The van der Waals surface area contributed by atoms with Gasteiger partial charge in [0.15, 0.2) is 0 Å². The molecule has 1 heteroatoms. The summed E-state index contributed by atoms with van der Waals surface area (Å²) in [4.78, 5) is 0. The van der Waals surface area contributed by atoms with E-state index in [0.29, 0.717) is 17.4 Å². The van der Waals surface area contributed by atoms with Gasteiger partial charge in [0.2, 0.25) is 0 Å². The SMILES string of the molecule is CC(C)(C)CC1(CO)CC1(C)C. The van der Waals surface area contributed by atoms with Crippen LogP contribution in [0.25, 0.3) is 0 Å². The van der Waals surface area contributed by atoms with Crippen LogP contribution in [-0.4, -0.2) is 11.7 Å². The van der Waals surface area contributed by atoms with Crippen LogP contribution in [0, 0.1) is 16.2 Å². The number of hydrogen-bond donors (Lipinski definition) is 1. The highest BCUT2D eigenvalue weighted by atomic mass is 16.3. The molecule has 0 aromatic rings. The van der Waals surface area contributed by atoms with E-state index in [1.165, 1.54) is 6.42 Å². The molecule has 0 saturated heterocycles. The van der Waals surface area contributed by atoms with Crippen molar-refractivity contribution in [3.05, 3.63) is 0 Å². The molecule has 0 aliphatic heterocycles. The van der Waals surface area contributed by atoms with Gasteiger partial charge in [0, 0.05) is 6.61 Å². The Hall–Kier alpha value is -0.0400. The van der Waals surface area contributed by atoms with E-state index < -0.39 is 0 Å². The average Bonchev–Trinajstić information content (AvgIpc) is 2.30. The van der Waals surface area contributed by atoms with Crippen molar-refractivity contribution < 1.29 is 5.11 Å². The molecule has 1 rings (SSSR count). The molecule has 0 aromatic heterocycles. The highest BCUT2D eigenvalue weighted by Gasteiger charge is 2.61. The topological polar surface area (TPSA) is 20.2 Å². The Labute approximate surface area is 76.2 Å². The first-order chi connectivity index (χ1) is 5.22. The molecule has 1 N–H and O–H groups in total. The van der Waals surface area contributed by atoms with Gasteiger partial charge in [-0.2, -0.15) is 0 Å². The van der Waals surface area contributed by atoms with E-state index in [1.54, 1.807) is 0 Å². The molecule has 1 aliphatic carbocycles. The maximum absolute atomic E-state index is 9.36. The predicted octanol–water partition coefficient (Wildman–Crippen LogP) is 2.83. The third-order valence-electron chi connectivity index (χ3n) is 3.26. The largest absolute Gasteiger partial charge is 0.396 e. The van der Waals surface area contributed by atoms with Crippen molar-refractivity contribution in [2.75, 3.05) is 6.61 Å². The third-order valence-corrected chi connectivity index (χ3v) is 3.26. The average molecular weight is 170 g/mol. The lowest BCUT2D eigenvalue weighted by Crippen LogP contribution is -2.21. The molecule has 1 atom stereocenters. The first-order valence-corrected chi connectivity index (χ1v) is 4.83. The van der Waals surface area contributed by atoms with Gasteiger partial charge in [-0.15, -0.1) is 0 Å². The van der Waals surface area contributed by atoms with Crippen molar-refractivity contribution in [3.63, 3.8) is 0 Å². The Morgan fingerprint density at radius 1 is 1.25 bits per heavy atom. The van der Waals surface area contributed by atoms with E-state index >= 15 is 0 Å². The minimum absolute atomic E-state index is 0.227. The maximum atomic E-state index is 9.36. The van der Waals surface area contributed by atoms with Crippen LogP contribution in [0.2, 0.25) is 0 Å². The van der Waals surface area contributed by atoms with Gasteiger partial charge in [0.25, 0.3) is 0 Å². The molecule has 1 aliphatic rings. The molecule has 0 radical (unpaired) electrons. The van der Waals surface area contributed by atoms with Crippen molar-refractivity contribution in [2.24, 2.45) is 16.2 Å². The third kappa shape index (κ3) is 1.66. The van der Waals surface area contributed by atoms with E-state index in [0.717, 1.165) is 6.42 Å². The van der Waals surface area contributed by atoms with Crippen LogP contribution in [-0.2, 0) is 0 Å². The van der Waals surface area contributed by atoms with E-state index in [-0.39, 0.29) is 5.41 Å². The van der Waals surface area contributed by atoms with Gasteiger partial charge in [-0.25, -0.2) is 0 Å². The van der Waals surface area contributed by atoms with Gasteiger partial charge < -0.3 is 5.11 Å². The van der Waals surface area contributed by atoms with Crippen molar-refractivity contribution >= 4 is 0 Å². The fourth-order valence-corrected chi connectivity index (χ4v) is 2.44. The molecular weight excluding hydrogens is 148 g/mol. The molecule has 1 unspecified atom stereocenters. The summed E-state index contributed by atoms with van der Waals surface area (Å²) in [7, 11) is 0. The van der Waals surface area contributed by atoms with E-state index in [1.807, 2.05) is 0 Å². The number of rotatable bonds is 2. The Kier molecular flexibility index (Phi) is 2.07. The van der Waals surface area contributed by atoms with E-state index in [4.69, 9.17) is 0 Å². The smallest absolute Gasteiger partial charge is 0.0492 e. The summed E-state index contributed by atoms with van der Waals surface area (Å²) in [5.74, 6) is 0. The van der Waals surface area contributed by atoms with Crippen LogP contribution in [0.4, 0.5) is 0 Å². The zero-order valence-electron chi connectivity index (χ0n) is 9.07. The second-order valence-electron chi connectivity index (χ2n) is 6.24. The Balaban J connectivity index is 2.62. The molecule has 72 valence electrons. The number of aliphatic hydroxyl groups excluding tert-OH is 1. The van der Waals surface area contributed by atoms with E-state index in [2.05, 4.69) is 34.6 Å². The predicted molar refractivity (Wildman–Crippen MR) is 52.0 cm³/mol. The van der Waals surface area contributed by atoms with Crippen LogP contribution in [0.1, 0.15) is 47.5 Å². The number of aliphatic hydroxyl groups is 1. The molecule has 12 heavy (non-hydrogen) atoms. The van der Waals surface area contributed by atoms with Gasteiger partial charge in [-0.3, -0.25) is 0 Å². The van der Waals surface area contributed by atoms with Gasteiger partial charge in [-0.1, -0.05) is 34.6 Å². The zero-order chi connectivity index (χ0) is 9.62. The van der Waals surface area contributed by atoms with Crippen LogP contribution < -0.4 is 0 Å². The second kappa shape index (κ2) is 2.47. The van der Waals surface area contributed by atoms with Crippen molar-refractivity contribution in [2.45, 2.75) is 47.5 Å². The molecule has 1 nitrogen and oxygen atoms in total. The Morgan fingerprint density at radius 3 is 1.75 bits per heavy atom. The highest BCUT2D eigenvalue weighted by molar-refractivity contribution is 5.10. The van der Waals surface area contributed by atoms with E-state index in [9.17, 15) is 5.11 Å². The molecule has 1 saturated carbocycles. The monoisotopic (exact) mass is 170 g/mol. The summed E-state index contributed by atoms with van der Waals surface area (Å²) in [6, 6.07) is 0. The van der Waals surface area contributed by atoms with Crippen LogP contribution in [0.3, 0.4) is 0 Å². The van der Waals surface area contributed by atoms with Crippen molar-refractivity contribution in [3.8, 4) is 0 Å². The fourth-order valence-electron chi connectivity index (χ4n) is 2.44. The summed E-state index contributed by atoms with van der Waals surface area (Å²) in [6.07, 6.45) is 2.33. The highest BCUT2D eigenvalue weighted by Crippen LogP contribution is 2.67. The lowest BCUT2D eigenvalue weighted by atomic mass is 9.79. The zero-order valence-corrected chi connectivity index (χ0v) is 9.07. The van der Waals surface area contributed by atoms with Crippen LogP contribution in [0.5, 0.6) is 0 Å². The summed E-state index contributed by atoms with van der Waals surface area (Å²) >= 11 is 0. The number of hydrogen-bond acceptors (Lipinski definition) is 1. The molecular formula is C11H22O. The normalized spacial score (nSPS) is 33.5. The van der Waals surface area contributed by atoms with Gasteiger partial charge in [0.05, 0.1) is 0 Å². The second-order valence-corrected chi connectivity index (χ2v) is 6.24. The summed E-state index contributed by atoms with van der Waals surface area (Å²) < 4.78 is 0. The molecule has 0 bridgehead atoms. The summed E-state index contributed by atoms with van der Waals surface area (Å²) in [5.41, 5.74) is 0.941. The maximum Gasteiger partial charge on any atom is 0.0492 e. The Morgan fingerprint density at radius 2 is 1.67 bits per heavy atom. The van der Waals surface area contributed by atoms with Crippen molar-refractivity contribution in [1.29, 1.82) is 0 Å². The first kappa shape index (κ1) is 10.0.